The lowest BCUT2D eigenvalue weighted by molar-refractivity contribution is 0.646. The second-order valence-corrected chi connectivity index (χ2v) is 5.61. The van der Waals surface area contributed by atoms with Crippen LogP contribution in [0.4, 0.5) is 0 Å². The Morgan fingerprint density at radius 3 is 2.76 bits per heavy atom. The first kappa shape index (κ1) is 13.8. The number of rotatable bonds is 4. The van der Waals surface area contributed by atoms with Gasteiger partial charge >= 0.3 is 0 Å². The lowest BCUT2D eigenvalue weighted by Crippen LogP contribution is -2.21. The number of aromatic nitrogens is 2. The first-order valence-corrected chi connectivity index (χ1v) is 7.47. The normalized spacial score (nSPS) is 12.7. The summed E-state index contributed by atoms with van der Waals surface area (Å²) in [6.45, 7) is 4.26. The molecule has 3 nitrogen and oxygen atoms in total. The Morgan fingerprint density at radius 1 is 1.19 bits per heavy atom. The molecule has 2 N–H and O–H groups in total. The molecule has 108 valence electrons. The number of nitrogens with zero attached hydrogens (tertiary/aromatic N) is 2. The fourth-order valence-corrected chi connectivity index (χ4v) is 2.69. The second kappa shape index (κ2) is 5.70. The molecule has 3 heteroatoms. The molecule has 0 spiro atoms. The molecule has 0 aliphatic rings. The molecule has 0 saturated heterocycles. The van der Waals surface area contributed by atoms with Gasteiger partial charge in [0.05, 0.1) is 17.4 Å². The van der Waals surface area contributed by atoms with Crippen molar-refractivity contribution in [1.82, 2.24) is 9.78 Å². The molecule has 0 amide bonds. The summed E-state index contributed by atoms with van der Waals surface area (Å²) in [5.74, 6) is 0. The zero-order valence-corrected chi connectivity index (χ0v) is 12.6. The van der Waals surface area contributed by atoms with Crippen molar-refractivity contribution in [2.45, 2.75) is 32.7 Å². The van der Waals surface area contributed by atoms with Gasteiger partial charge in [-0.25, -0.2) is 4.68 Å². The lowest BCUT2D eigenvalue weighted by Gasteiger charge is -2.12. The Bertz CT molecular complexity index is 758. The van der Waals surface area contributed by atoms with E-state index >= 15 is 0 Å². The molecule has 0 aliphatic carbocycles. The van der Waals surface area contributed by atoms with E-state index in [0.717, 1.165) is 29.4 Å². The van der Waals surface area contributed by atoms with Crippen molar-refractivity contribution < 1.29 is 0 Å². The van der Waals surface area contributed by atoms with Crippen LogP contribution in [0.5, 0.6) is 0 Å². The third-order valence-electron chi connectivity index (χ3n) is 3.99. The maximum atomic E-state index is 6.04. The number of hydrogen-bond acceptors (Lipinski definition) is 2. The van der Waals surface area contributed by atoms with E-state index in [0.29, 0.717) is 0 Å². The van der Waals surface area contributed by atoms with Crippen LogP contribution in [0.1, 0.15) is 24.5 Å². The summed E-state index contributed by atoms with van der Waals surface area (Å²) in [6, 6.07) is 15.0. The SMILES string of the molecule is CCC(N)Cc1ccc(-n2ncc3ccccc32)c(C)c1. The number of nitrogens with two attached hydrogens (primary N) is 1. The molecular formula is C18H21N3. The number of benzene rings is 2. The van der Waals surface area contributed by atoms with Crippen LogP contribution in [-0.4, -0.2) is 15.8 Å². The van der Waals surface area contributed by atoms with E-state index in [1.165, 1.54) is 11.1 Å². The first-order chi connectivity index (χ1) is 10.2. The molecule has 0 saturated carbocycles. The van der Waals surface area contributed by atoms with E-state index in [4.69, 9.17) is 5.73 Å². The van der Waals surface area contributed by atoms with E-state index in [-0.39, 0.29) is 6.04 Å². The Morgan fingerprint density at radius 2 is 2.00 bits per heavy atom. The molecule has 0 bridgehead atoms. The van der Waals surface area contributed by atoms with Gasteiger partial charge in [-0.2, -0.15) is 5.10 Å². The molecule has 0 radical (unpaired) electrons. The zero-order chi connectivity index (χ0) is 14.8. The highest BCUT2D eigenvalue weighted by atomic mass is 15.3. The minimum atomic E-state index is 0.237. The van der Waals surface area contributed by atoms with Gasteiger partial charge in [0.25, 0.3) is 0 Å². The Kier molecular flexibility index (Phi) is 3.76. The average molecular weight is 279 g/mol. The summed E-state index contributed by atoms with van der Waals surface area (Å²) < 4.78 is 2.01. The van der Waals surface area contributed by atoms with Gasteiger partial charge in [-0.1, -0.05) is 37.3 Å². The summed E-state index contributed by atoms with van der Waals surface area (Å²) >= 11 is 0. The highest BCUT2D eigenvalue weighted by Crippen LogP contribution is 2.22. The molecule has 1 atom stereocenters. The van der Waals surface area contributed by atoms with Crippen molar-refractivity contribution in [2.24, 2.45) is 5.73 Å². The van der Waals surface area contributed by atoms with Crippen LogP contribution in [0.3, 0.4) is 0 Å². The zero-order valence-electron chi connectivity index (χ0n) is 12.6. The smallest absolute Gasteiger partial charge is 0.0741 e. The lowest BCUT2D eigenvalue weighted by atomic mass is 10.0. The van der Waals surface area contributed by atoms with Crippen molar-refractivity contribution in [2.75, 3.05) is 0 Å². The van der Waals surface area contributed by atoms with E-state index in [9.17, 15) is 0 Å². The fraction of sp³-hybridized carbons (Fsp3) is 0.278. The molecule has 3 rings (SSSR count). The van der Waals surface area contributed by atoms with Gasteiger partial charge in [0.15, 0.2) is 0 Å². The number of hydrogen-bond donors (Lipinski definition) is 1. The molecule has 3 aromatic rings. The van der Waals surface area contributed by atoms with Crippen LogP contribution in [0.2, 0.25) is 0 Å². The summed E-state index contributed by atoms with van der Waals surface area (Å²) in [5.41, 5.74) is 10.8. The highest BCUT2D eigenvalue weighted by Gasteiger charge is 2.08. The van der Waals surface area contributed by atoms with E-state index in [1.807, 2.05) is 23.0 Å². The third-order valence-corrected chi connectivity index (χ3v) is 3.99. The Balaban J connectivity index is 1.99. The largest absolute Gasteiger partial charge is 0.327 e. The number of para-hydroxylation sites is 1. The van der Waals surface area contributed by atoms with Crippen molar-refractivity contribution in [3.63, 3.8) is 0 Å². The van der Waals surface area contributed by atoms with E-state index in [1.54, 1.807) is 0 Å². The topological polar surface area (TPSA) is 43.8 Å². The van der Waals surface area contributed by atoms with Gasteiger partial charge in [-0.15, -0.1) is 0 Å². The van der Waals surface area contributed by atoms with Gasteiger partial charge in [0.1, 0.15) is 0 Å². The Hall–Kier alpha value is -2.13. The van der Waals surface area contributed by atoms with E-state index < -0.39 is 0 Å². The Labute approximate surface area is 125 Å². The van der Waals surface area contributed by atoms with Crippen LogP contribution in [0.15, 0.2) is 48.7 Å². The van der Waals surface area contributed by atoms with Crippen molar-refractivity contribution in [3.05, 3.63) is 59.8 Å². The van der Waals surface area contributed by atoms with Crippen LogP contribution in [-0.2, 0) is 6.42 Å². The van der Waals surface area contributed by atoms with Crippen LogP contribution in [0.25, 0.3) is 16.6 Å². The summed E-state index contributed by atoms with van der Waals surface area (Å²) in [4.78, 5) is 0. The maximum Gasteiger partial charge on any atom is 0.0741 e. The summed E-state index contributed by atoms with van der Waals surface area (Å²) in [5, 5.41) is 5.69. The summed E-state index contributed by atoms with van der Waals surface area (Å²) in [6.07, 6.45) is 3.84. The predicted octanol–water partition coefficient (Wildman–Crippen LogP) is 3.61. The van der Waals surface area contributed by atoms with Gasteiger partial charge < -0.3 is 5.73 Å². The molecule has 1 heterocycles. The van der Waals surface area contributed by atoms with Crippen molar-refractivity contribution >= 4 is 10.9 Å². The monoisotopic (exact) mass is 279 g/mol. The minimum absolute atomic E-state index is 0.237. The third kappa shape index (κ3) is 2.69. The average Bonchev–Trinajstić information content (AvgIpc) is 2.91. The van der Waals surface area contributed by atoms with Crippen molar-refractivity contribution in [1.29, 1.82) is 0 Å². The molecular weight excluding hydrogens is 258 g/mol. The van der Waals surface area contributed by atoms with Gasteiger partial charge in [-0.3, -0.25) is 0 Å². The standard InChI is InChI=1S/C18H21N3/c1-3-16(19)11-14-8-9-17(13(2)10-14)21-18-7-5-4-6-15(18)12-20-21/h4-10,12,16H,3,11,19H2,1-2H3. The number of aryl methyl sites for hydroxylation is 1. The quantitative estimate of drug-likeness (QED) is 0.792. The minimum Gasteiger partial charge on any atom is -0.327 e. The van der Waals surface area contributed by atoms with Gasteiger partial charge in [0.2, 0.25) is 0 Å². The molecule has 21 heavy (non-hydrogen) atoms. The second-order valence-electron chi connectivity index (χ2n) is 5.61. The predicted molar refractivity (Wildman–Crippen MR) is 87.8 cm³/mol. The molecule has 0 fully saturated rings. The van der Waals surface area contributed by atoms with E-state index in [2.05, 4.69) is 49.3 Å². The summed E-state index contributed by atoms with van der Waals surface area (Å²) in [7, 11) is 0. The fourth-order valence-electron chi connectivity index (χ4n) is 2.69. The maximum absolute atomic E-state index is 6.04. The number of fused-ring (bicyclic) bond motifs is 1. The highest BCUT2D eigenvalue weighted by molar-refractivity contribution is 5.80. The van der Waals surface area contributed by atoms with Gasteiger partial charge in [0, 0.05) is 11.4 Å². The molecule has 1 unspecified atom stereocenters. The first-order valence-electron chi connectivity index (χ1n) is 7.47. The van der Waals surface area contributed by atoms with Crippen LogP contribution in [0, 0.1) is 6.92 Å². The van der Waals surface area contributed by atoms with Crippen LogP contribution < -0.4 is 5.73 Å². The molecule has 0 aliphatic heterocycles. The molecule has 2 aromatic carbocycles. The van der Waals surface area contributed by atoms with Gasteiger partial charge in [-0.05, 0) is 43.0 Å². The van der Waals surface area contributed by atoms with Crippen molar-refractivity contribution in [3.8, 4) is 5.69 Å². The van der Waals surface area contributed by atoms with Crippen LogP contribution >= 0.6 is 0 Å². The molecule has 1 aromatic heterocycles.